The van der Waals surface area contributed by atoms with E-state index >= 15 is 0 Å². The lowest BCUT2D eigenvalue weighted by atomic mass is 10.1. The molecule has 0 spiro atoms. The summed E-state index contributed by atoms with van der Waals surface area (Å²) in [6.45, 7) is 2.08. The fourth-order valence-corrected chi connectivity index (χ4v) is 3.02. The van der Waals surface area contributed by atoms with Crippen molar-refractivity contribution < 1.29 is 8.42 Å². The summed E-state index contributed by atoms with van der Waals surface area (Å²) in [4.78, 5) is 1.00. The number of nitrogens with zero attached hydrogens (tertiary/aromatic N) is 2. The Morgan fingerprint density at radius 1 is 1.47 bits per heavy atom. The molecule has 1 aromatic rings. The lowest BCUT2D eigenvalue weighted by Crippen LogP contribution is -2.13. The summed E-state index contributed by atoms with van der Waals surface area (Å²) in [5.74, 6) is 0.191. The Balaban J connectivity index is 2.51. The first-order chi connectivity index (χ1) is 7.94. The molecule has 1 rings (SSSR count). The zero-order valence-corrected chi connectivity index (χ0v) is 11.9. The molecule has 1 aromatic heterocycles. The van der Waals surface area contributed by atoms with E-state index in [1.54, 1.807) is 0 Å². The van der Waals surface area contributed by atoms with Gasteiger partial charge in [0.05, 0.1) is 10.6 Å². The van der Waals surface area contributed by atoms with E-state index in [0.717, 1.165) is 23.4 Å². The van der Waals surface area contributed by atoms with Crippen molar-refractivity contribution in [2.75, 3.05) is 12.0 Å². The summed E-state index contributed by atoms with van der Waals surface area (Å²) in [7, 11) is -2.89. The minimum absolute atomic E-state index is 0.140. The second kappa shape index (κ2) is 6.42. The van der Waals surface area contributed by atoms with Crippen LogP contribution in [0.3, 0.4) is 0 Å². The summed E-state index contributed by atoms with van der Waals surface area (Å²) < 4.78 is 25.9. The van der Waals surface area contributed by atoms with Gasteiger partial charge in [-0.3, -0.25) is 0 Å². The summed E-state index contributed by atoms with van der Waals surface area (Å²) >= 11 is 1.32. The summed E-state index contributed by atoms with van der Waals surface area (Å²) in [6, 6.07) is -0.140. The number of hydrogen-bond acceptors (Lipinski definition) is 6. The van der Waals surface area contributed by atoms with Gasteiger partial charge in [0.2, 0.25) is 0 Å². The highest BCUT2D eigenvalue weighted by atomic mass is 32.2. The van der Waals surface area contributed by atoms with Crippen LogP contribution in [0.4, 0.5) is 0 Å². The van der Waals surface area contributed by atoms with Crippen LogP contribution < -0.4 is 5.73 Å². The van der Waals surface area contributed by atoms with E-state index in [1.807, 2.05) is 0 Å². The van der Waals surface area contributed by atoms with E-state index in [9.17, 15) is 8.42 Å². The molecule has 1 unspecified atom stereocenters. The molecule has 0 saturated heterocycles. The number of hydrogen-bond donors (Lipinski definition) is 1. The van der Waals surface area contributed by atoms with Gasteiger partial charge in [-0.2, -0.15) is 0 Å². The minimum Gasteiger partial charge on any atom is -0.323 e. The predicted octanol–water partition coefficient (Wildman–Crippen LogP) is 1.32. The van der Waals surface area contributed by atoms with Crippen LogP contribution in [0.1, 0.15) is 42.8 Å². The lowest BCUT2D eigenvalue weighted by Gasteiger charge is -2.09. The third-order valence-corrected chi connectivity index (χ3v) is 4.37. The van der Waals surface area contributed by atoms with Crippen molar-refractivity contribution in [2.24, 2.45) is 5.73 Å². The highest BCUT2D eigenvalue weighted by molar-refractivity contribution is 7.90. The number of rotatable bonds is 7. The van der Waals surface area contributed by atoms with Crippen molar-refractivity contribution in [3.8, 4) is 0 Å². The summed E-state index contributed by atoms with van der Waals surface area (Å²) in [5.41, 5.74) is 7.00. The summed E-state index contributed by atoms with van der Waals surface area (Å²) in [5, 5.41) is 4.05. The molecular weight excluding hydrogens is 258 g/mol. The highest BCUT2D eigenvalue weighted by Gasteiger charge is 2.15. The minimum atomic E-state index is -2.89. The topological polar surface area (TPSA) is 85.9 Å². The van der Waals surface area contributed by atoms with E-state index in [1.165, 1.54) is 17.8 Å². The first-order valence-electron chi connectivity index (χ1n) is 5.68. The van der Waals surface area contributed by atoms with Crippen LogP contribution in [0, 0.1) is 0 Å². The van der Waals surface area contributed by atoms with Crippen molar-refractivity contribution in [3.05, 3.63) is 10.6 Å². The number of aryl methyl sites for hydroxylation is 1. The van der Waals surface area contributed by atoms with Gasteiger partial charge in [-0.25, -0.2) is 8.42 Å². The van der Waals surface area contributed by atoms with Crippen molar-refractivity contribution in [1.29, 1.82) is 0 Å². The average Bonchev–Trinajstić information content (AvgIpc) is 2.64. The molecule has 1 atom stereocenters. The Morgan fingerprint density at radius 3 is 2.76 bits per heavy atom. The Hall–Kier alpha value is -0.530. The fraction of sp³-hybridized carbons (Fsp3) is 0.800. The van der Waals surface area contributed by atoms with Gasteiger partial charge in [-0.05, 0) is 30.8 Å². The molecule has 0 amide bonds. The molecule has 0 aliphatic carbocycles. The maximum Gasteiger partial charge on any atom is 0.147 e. The van der Waals surface area contributed by atoms with Crippen molar-refractivity contribution >= 4 is 21.4 Å². The van der Waals surface area contributed by atoms with E-state index in [4.69, 9.17) is 5.73 Å². The molecule has 0 saturated carbocycles. The third kappa shape index (κ3) is 5.10. The quantitative estimate of drug-likeness (QED) is 0.812. The van der Waals surface area contributed by atoms with Crippen LogP contribution in [0.5, 0.6) is 0 Å². The van der Waals surface area contributed by atoms with Gasteiger partial charge in [0, 0.05) is 18.1 Å². The Bertz CT molecular complexity index is 442. The third-order valence-electron chi connectivity index (χ3n) is 2.44. The fourth-order valence-electron chi connectivity index (χ4n) is 1.60. The van der Waals surface area contributed by atoms with Crippen LogP contribution >= 0.6 is 11.5 Å². The number of nitrogens with two attached hydrogens (primary N) is 1. The number of aromatic nitrogens is 2. The molecule has 0 aromatic carbocycles. The van der Waals surface area contributed by atoms with Crippen molar-refractivity contribution in [3.63, 3.8) is 0 Å². The maximum absolute atomic E-state index is 11.0. The standard InChI is InChI=1S/C10H19N3O2S2/c1-3-5-9-10(16-13-12-9)8(11)6-4-7-17(2,14)15/h8H,3-7,11H2,1-2H3. The second-order valence-corrected chi connectivity index (χ2v) is 7.26. The molecule has 0 aliphatic rings. The molecule has 7 heteroatoms. The van der Waals surface area contributed by atoms with E-state index in [0.29, 0.717) is 12.8 Å². The molecule has 0 bridgehead atoms. The van der Waals surface area contributed by atoms with Gasteiger partial charge >= 0.3 is 0 Å². The lowest BCUT2D eigenvalue weighted by molar-refractivity contribution is 0.588. The average molecular weight is 277 g/mol. The van der Waals surface area contributed by atoms with Crippen LogP contribution in [0.2, 0.25) is 0 Å². The molecule has 0 fully saturated rings. The predicted molar refractivity (Wildman–Crippen MR) is 69.8 cm³/mol. The van der Waals surface area contributed by atoms with Gasteiger partial charge in [0.15, 0.2) is 0 Å². The van der Waals surface area contributed by atoms with Gasteiger partial charge in [0.1, 0.15) is 9.84 Å². The summed E-state index contributed by atoms with van der Waals surface area (Å²) in [6.07, 6.45) is 4.38. The SMILES string of the molecule is CCCc1nnsc1C(N)CCCS(C)(=O)=O. The van der Waals surface area contributed by atoms with Gasteiger partial charge in [-0.1, -0.05) is 17.8 Å². The smallest absolute Gasteiger partial charge is 0.147 e. The van der Waals surface area contributed by atoms with Crippen LogP contribution in [-0.4, -0.2) is 30.0 Å². The van der Waals surface area contributed by atoms with Crippen LogP contribution in [-0.2, 0) is 16.3 Å². The maximum atomic E-state index is 11.0. The second-order valence-electron chi connectivity index (χ2n) is 4.21. The number of sulfone groups is 1. The molecule has 1 heterocycles. The molecule has 0 radical (unpaired) electrons. The Morgan fingerprint density at radius 2 is 2.18 bits per heavy atom. The Kier molecular flexibility index (Phi) is 5.48. The zero-order valence-electron chi connectivity index (χ0n) is 10.2. The van der Waals surface area contributed by atoms with Crippen LogP contribution in [0.15, 0.2) is 0 Å². The first kappa shape index (κ1) is 14.5. The van der Waals surface area contributed by atoms with Crippen molar-refractivity contribution in [2.45, 2.75) is 38.6 Å². The van der Waals surface area contributed by atoms with Crippen LogP contribution in [0.25, 0.3) is 0 Å². The van der Waals surface area contributed by atoms with Gasteiger partial charge < -0.3 is 5.73 Å². The molecule has 17 heavy (non-hydrogen) atoms. The molecule has 0 aliphatic heterocycles. The normalized spacial score (nSPS) is 13.8. The molecule has 98 valence electrons. The zero-order chi connectivity index (χ0) is 12.9. The van der Waals surface area contributed by atoms with Gasteiger partial charge in [0.25, 0.3) is 0 Å². The van der Waals surface area contributed by atoms with E-state index < -0.39 is 9.84 Å². The highest BCUT2D eigenvalue weighted by Crippen LogP contribution is 2.23. The van der Waals surface area contributed by atoms with Gasteiger partial charge in [-0.15, -0.1) is 5.10 Å². The van der Waals surface area contributed by atoms with E-state index in [2.05, 4.69) is 16.5 Å². The first-order valence-corrected chi connectivity index (χ1v) is 8.52. The van der Waals surface area contributed by atoms with E-state index in [-0.39, 0.29) is 11.8 Å². The monoisotopic (exact) mass is 277 g/mol. The Labute approximate surface area is 107 Å². The largest absolute Gasteiger partial charge is 0.323 e. The molecule has 2 N–H and O–H groups in total. The molecule has 5 nitrogen and oxygen atoms in total. The molecular formula is C10H19N3O2S2. The van der Waals surface area contributed by atoms with Crippen molar-refractivity contribution in [1.82, 2.24) is 9.59 Å².